The zero-order valence-corrected chi connectivity index (χ0v) is 13.9. The number of aliphatic imine (C=N–C) groups is 1. The van der Waals surface area contributed by atoms with Gasteiger partial charge in [0.1, 0.15) is 0 Å². The highest BCUT2D eigenvalue weighted by Crippen LogP contribution is 2.10. The van der Waals surface area contributed by atoms with E-state index in [1.807, 2.05) is 0 Å². The molecule has 0 aliphatic rings. The van der Waals surface area contributed by atoms with Gasteiger partial charge in [-0.3, -0.25) is 4.99 Å². The van der Waals surface area contributed by atoms with Gasteiger partial charge >= 0.3 is 0 Å². The van der Waals surface area contributed by atoms with E-state index in [2.05, 4.69) is 18.1 Å². The van der Waals surface area contributed by atoms with E-state index in [1.54, 1.807) is 0 Å². The molecule has 0 radical (unpaired) electrons. The van der Waals surface area contributed by atoms with Crippen molar-refractivity contribution in [3.05, 3.63) is 0 Å². The van der Waals surface area contributed by atoms with Crippen molar-refractivity contribution >= 4 is 6.21 Å². The van der Waals surface area contributed by atoms with Crippen LogP contribution in [0.15, 0.2) is 4.99 Å². The van der Waals surface area contributed by atoms with Crippen molar-refractivity contribution in [1.82, 2.24) is 0 Å². The summed E-state index contributed by atoms with van der Waals surface area (Å²) in [6.45, 7) is 4.16. The van der Waals surface area contributed by atoms with Gasteiger partial charge in [-0.05, 0) is 38.4 Å². The lowest BCUT2D eigenvalue weighted by molar-refractivity contribution is 0.554. The predicted octanol–water partition coefficient (Wildman–Crippen LogP) is 5.50. The second-order valence-corrected chi connectivity index (χ2v) is 5.91. The Kier molecular flexibility index (Phi) is 18.3. The minimum atomic E-state index is 0.862. The highest BCUT2D eigenvalue weighted by atomic mass is 14.7. The minimum absolute atomic E-state index is 0.862. The molecule has 0 rings (SSSR count). The molecule has 0 amide bonds. The lowest BCUT2D eigenvalue weighted by atomic mass is 10.1. The van der Waals surface area contributed by atoms with Gasteiger partial charge in [0, 0.05) is 6.54 Å². The van der Waals surface area contributed by atoms with Gasteiger partial charge in [0.25, 0.3) is 0 Å². The van der Waals surface area contributed by atoms with Crippen LogP contribution in [0.2, 0.25) is 0 Å². The first-order chi connectivity index (χ1) is 9.91. The molecule has 2 N–H and O–H groups in total. The van der Waals surface area contributed by atoms with E-state index in [-0.39, 0.29) is 0 Å². The Morgan fingerprint density at radius 1 is 0.700 bits per heavy atom. The Labute approximate surface area is 127 Å². The SMILES string of the molecule is CCCCCC=NCCCCCCCCCCCCN. The first-order valence-electron chi connectivity index (χ1n) is 9.10. The maximum Gasteiger partial charge on any atom is 0.0385 e. The molecule has 0 aliphatic carbocycles. The molecule has 0 saturated heterocycles. The van der Waals surface area contributed by atoms with Crippen LogP contribution in [-0.2, 0) is 0 Å². The Morgan fingerprint density at radius 2 is 1.25 bits per heavy atom. The van der Waals surface area contributed by atoms with Crippen LogP contribution in [0.25, 0.3) is 0 Å². The van der Waals surface area contributed by atoms with Gasteiger partial charge in [-0.15, -0.1) is 0 Å². The summed E-state index contributed by atoms with van der Waals surface area (Å²) in [6.07, 6.45) is 20.9. The lowest BCUT2D eigenvalue weighted by Gasteiger charge is -2.01. The average molecular weight is 283 g/mol. The van der Waals surface area contributed by atoms with E-state index < -0.39 is 0 Å². The normalized spacial score (nSPS) is 11.5. The largest absolute Gasteiger partial charge is 0.330 e. The van der Waals surface area contributed by atoms with E-state index >= 15 is 0 Å². The van der Waals surface area contributed by atoms with Gasteiger partial charge in [-0.1, -0.05) is 71.1 Å². The lowest BCUT2D eigenvalue weighted by Crippen LogP contribution is -1.97. The van der Waals surface area contributed by atoms with E-state index in [0.717, 1.165) is 13.1 Å². The van der Waals surface area contributed by atoms with Crippen LogP contribution in [-0.4, -0.2) is 19.3 Å². The highest BCUT2D eigenvalue weighted by Gasteiger charge is 1.92. The quantitative estimate of drug-likeness (QED) is 0.295. The van der Waals surface area contributed by atoms with Gasteiger partial charge in [-0.25, -0.2) is 0 Å². The highest BCUT2D eigenvalue weighted by molar-refractivity contribution is 5.56. The fraction of sp³-hybridized carbons (Fsp3) is 0.944. The maximum atomic E-state index is 5.48. The predicted molar refractivity (Wildman–Crippen MR) is 92.7 cm³/mol. The number of hydrogen-bond acceptors (Lipinski definition) is 2. The molecule has 2 heteroatoms. The molecule has 0 bridgehead atoms. The van der Waals surface area contributed by atoms with Crippen LogP contribution in [0.1, 0.15) is 96.8 Å². The third-order valence-corrected chi connectivity index (χ3v) is 3.81. The topological polar surface area (TPSA) is 38.4 Å². The first-order valence-corrected chi connectivity index (χ1v) is 9.10. The monoisotopic (exact) mass is 282 g/mol. The van der Waals surface area contributed by atoms with Crippen molar-refractivity contribution in [2.75, 3.05) is 13.1 Å². The summed E-state index contributed by atoms with van der Waals surface area (Å²) >= 11 is 0. The van der Waals surface area contributed by atoms with Gasteiger partial charge in [-0.2, -0.15) is 0 Å². The summed E-state index contributed by atoms with van der Waals surface area (Å²) in [6, 6.07) is 0. The zero-order valence-electron chi connectivity index (χ0n) is 13.9. The van der Waals surface area contributed by atoms with Crippen molar-refractivity contribution in [3.63, 3.8) is 0 Å². The smallest absolute Gasteiger partial charge is 0.0385 e. The van der Waals surface area contributed by atoms with Crippen molar-refractivity contribution in [2.24, 2.45) is 10.7 Å². The number of nitrogens with zero attached hydrogens (tertiary/aromatic N) is 1. The van der Waals surface area contributed by atoms with Crippen molar-refractivity contribution < 1.29 is 0 Å². The van der Waals surface area contributed by atoms with Crippen LogP contribution in [0.4, 0.5) is 0 Å². The molecule has 120 valence electrons. The number of nitrogens with two attached hydrogens (primary N) is 1. The molecule has 0 spiro atoms. The van der Waals surface area contributed by atoms with Crippen molar-refractivity contribution in [2.45, 2.75) is 96.8 Å². The number of unbranched alkanes of at least 4 members (excludes halogenated alkanes) is 12. The zero-order chi connectivity index (χ0) is 14.7. The van der Waals surface area contributed by atoms with Crippen molar-refractivity contribution in [3.8, 4) is 0 Å². The molecule has 0 aromatic rings. The molecule has 0 unspecified atom stereocenters. The summed E-state index contributed by atoms with van der Waals surface area (Å²) < 4.78 is 0. The average Bonchev–Trinajstić information content (AvgIpc) is 2.47. The Morgan fingerprint density at radius 3 is 1.80 bits per heavy atom. The van der Waals surface area contributed by atoms with Crippen LogP contribution in [0.3, 0.4) is 0 Å². The summed E-state index contributed by atoms with van der Waals surface area (Å²) in [7, 11) is 0. The van der Waals surface area contributed by atoms with Gasteiger partial charge in [0.05, 0.1) is 0 Å². The van der Waals surface area contributed by atoms with E-state index in [0.29, 0.717) is 0 Å². The first kappa shape index (κ1) is 19.6. The molecule has 0 heterocycles. The summed E-state index contributed by atoms with van der Waals surface area (Å²) in [5.74, 6) is 0. The van der Waals surface area contributed by atoms with Crippen LogP contribution in [0.5, 0.6) is 0 Å². The second kappa shape index (κ2) is 18.6. The third kappa shape index (κ3) is 17.6. The molecular formula is C18H38N2. The molecule has 0 aromatic heterocycles. The van der Waals surface area contributed by atoms with E-state index in [1.165, 1.54) is 89.9 Å². The van der Waals surface area contributed by atoms with E-state index in [9.17, 15) is 0 Å². The van der Waals surface area contributed by atoms with Crippen LogP contribution >= 0.6 is 0 Å². The van der Waals surface area contributed by atoms with Crippen LogP contribution in [0, 0.1) is 0 Å². The van der Waals surface area contributed by atoms with E-state index in [4.69, 9.17) is 5.73 Å². The Balaban J connectivity index is 2.99. The van der Waals surface area contributed by atoms with Crippen LogP contribution < -0.4 is 5.73 Å². The molecule has 20 heavy (non-hydrogen) atoms. The summed E-state index contributed by atoms with van der Waals surface area (Å²) in [4.78, 5) is 4.48. The van der Waals surface area contributed by atoms with Gasteiger partial charge in [0.15, 0.2) is 0 Å². The standard InChI is InChI=1S/C18H38N2/c1-2-3-4-14-17-20-18-15-12-10-8-6-5-7-9-11-13-16-19/h17H,2-16,18-19H2,1H3. The molecule has 0 aliphatic heterocycles. The van der Waals surface area contributed by atoms with Gasteiger partial charge < -0.3 is 5.73 Å². The number of hydrogen-bond donors (Lipinski definition) is 1. The molecule has 2 nitrogen and oxygen atoms in total. The minimum Gasteiger partial charge on any atom is -0.330 e. The van der Waals surface area contributed by atoms with Gasteiger partial charge in [0.2, 0.25) is 0 Å². The Bertz CT molecular complexity index is 190. The summed E-state index contributed by atoms with van der Waals surface area (Å²) in [5, 5.41) is 0. The molecule has 0 saturated carbocycles. The Hall–Kier alpha value is -0.370. The second-order valence-electron chi connectivity index (χ2n) is 5.91. The fourth-order valence-corrected chi connectivity index (χ4v) is 2.43. The van der Waals surface area contributed by atoms with Crippen molar-refractivity contribution in [1.29, 1.82) is 0 Å². The third-order valence-electron chi connectivity index (χ3n) is 3.81. The molecule has 0 fully saturated rings. The molecule has 0 atom stereocenters. The fourth-order valence-electron chi connectivity index (χ4n) is 2.43. The maximum absolute atomic E-state index is 5.48. The summed E-state index contributed by atoms with van der Waals surface area (Å²) in [5.41, 5.74) is 5.48. The molecular weight excluding hydrogens is 244 g/mol. The number of rotatable bonds is 16. The molecule has 0 aromatic carbocycles.